The fraction of sp³-hybridized carbons (Fsp3) is 0.478. The molecule has 1 atom stereocenters. The van der Waals surface area contributed by atoms with Crippen LogP contribution in [-0.2, 0) is 22.5 Å². The van der Waals surface area contributed by atoms with Crippen molar-refractivity contribution in [1.82, 2.24) is 15.2 Å². The molecule has 1 aromatic carbocycles. The Hall–Kier alpha value is -2.45. The lowest BCUT2D eigenvalue weighted by molar-refractivity contribution is -0.132. The molecule has 1 unspecified atom stereocenters. The molecule has 166 valence electrons. The summed E-state index contributed by atoms with van der Waals surface area (Å²) in [5.74, 6) is -1.45. The summed E-state index contributed by atoms with van der Waals surface area (Å²) in [7, 11) is 0. The Morgan fingerprint density at radius 3 is 2.45 bits per heavy atom. The van der Waals surface area contributed by atoms with Crippen molar-refractivity contribution >= 4 is 5.91 Å². The number of hydrogen-bond donors (Lipinski definition) is 1. The highest BCUT2D eigenvalue weighted by Gasteiger charge is 2.44. The summed E-state index contributed by atoms with van der Waals surface area (Å²) in [4.78, 5) is 18.1. The largest absolute Gasteiger partial charge is 0.380 e. The van der Waals surface area contributed by atoms with Gasteiger partial charge in [0.05, 0.1) is 24.9 Å². The van der Waals surface area contributed by atoms with Crippen molar-refractivity contribution in [3.8, 4) is 11.1 Å². The highest BCUT2D eigenvalue weighted by molar-refractivity contribution is 5.79. The van der Waals surface area contributed by atoms with Gasteiger partial charge in [-0.3, -0.25) is 14.7 Å². The van der Waals surface area contributed by atoms with Gasteiger partial charge in [0.1, 0.15) is 6.67 Å². The first kappa shape index (κ1) is 21.8. The van der Waals surface area contributed by atoms with E-state index in [1.807, 2.05) is 47.9 Å². The average molecular weight is 433 g/mol. The number of nitrogens with zero attached hydrogens (tertiary/aromatic N) is 2. The van der Waals surface area contributed by atoms with Crippen molar-refractivity contribution in [2.75, 3.05) is 33.0 Å². The first-order valence-corrected chi connectivity index (χ1v) is 10.5. The van der Waals surface area contributed by atoms with E-state index in [0.717, 1.165) is 55.2 Å². The summed E-state index contributed by atoms with van der Waals surface area (Å²) in [6.45, 7) is 3.81. The molecule has 1 aromatic heterocycles. The van der Waals surface area contributed by atoms with Crippen LogP contribution in [0.3, 0.4) is 0 Å². The molecule has 1 N–H and O–H groups in total. The third kappa shape index (κ3) is 5.25. The van der Waals surface area contributed by atoms with Crippen LogP contribution in [0.2, 0.25) is 0 Å². The quantitative estimate of drug-likeness (QED) is 0.695. The second-order valence-electron chi connectivity index (χ2n) is 8.55. The topological polar surface area (TPSA) is 54.5 Å². The van der Waals surface area contributed by atoms with Gasteiger partial charge < -0.3 is 10.1 Å². The van der Waals surface area contributed by atoms with Crippen LogP contribution >= 0.6 is 0 Å². The molecule has 0 bridgehead atoms. The van der Waals surface area contributed by atoms with Crippen LogP contribution < -0.4 is 5.32 Å². The zero-order valence-electron chi connectivity index (χ0n) is 17.2. The fourth-order valence-corrected chi connectivity index (χ4v) is 4.23. The number of amides is 1. The molecule has 4 rings (SSSR count). The molecular formula is C23H26F3N3O2. The van der Waals surface area contributed by atoms with Crippen molar-refractivity contribution in [3.63, 3.8) is 0 Å². The maximum atomic E-state index is 13.1. The highest BCUT2D eigenvalue weighted by Crippen LogP contribution is 2.37. The maximum absolute atomic E-state index is 13.1. The Labute approximate surface area is 179 Å². The van der Waals surface area contributed by atoms with Gasteiger partial charge in [0.15, 0.2) is 0 Å². The normalized spacial score (nSPS) is 18.8. The molecule has 8 heteroatoms. The molecule has 1 spiro atoms. The molecule has 2 aromatic rings. The minimum absolute atomic E-state index is 0.148. The lowest BCUT2D eigenvalue weighted by Gasteiger charge is -2.37. The molecule has 31 heavy (non-hydrogen) atoms. The highest BCUT2D eigenvalue weighted by atomic mass is 19.3. The molecule has 0 aliphatic carbocycles. The zero-order chi connectivity index (χ0) is 21.8. The van der Waals surface area contributed by atoms with E-state index in [2.05, 4.69) is 9.88 Å². The van der Waals surface area contributed by atoms with Crippen LogP contribution in [0, 0.1) is 5.41 Å². The van der Waals surface area contributed by atoms with Crippen LogP contribution in [0.15, 0.2) is 42.6 Å². The van der Waals surface area contributed by atoms with E-state index >= 15 is 0 Å². The van der Waals surface area contributed by atoms with Crippen molar-refractivity contribution in [1.29, 1.82) is 0 Å². The molecule has 1 amide bonds. The summed E-state index contributed by atoms with van der Waals surface area (Å²) in [6, 6.07) is 10.5. The monoisotopic (exact) mass is 433 g/mol. The van der Waals surface area contributed by atoms with Gasteiger partial charge in [-0.25, -0.2) is 4.39 Å². The van der Waals surface area contributed by atoms with Crippen molar-refractivity contribution in [2.45, 2.75) is 31.9 Å². The average Bonchev–Trinajstić information content (AvgIpc) is 3.19. The number of likely N-dealkylation sites (tertiary alicyclic amines) is 1. The van der Waals surface area contributed by atoms with E-state index in [4.69, 9.17) is 4.74 Å². The summed E-state index contributed by atoms with van der Waals surface area (Å²) in [5, 5.41) is 2.02. The van der Waals surface area contributed by atoms with Crippen LogP contribution in [-0.4, -0.2) is 61.2 Å². The number of rotatable bonds is 8. The van der Waals surface area contributed by atoms with E-state index in [-0.39, 0.29) is 6.42 Å². The number of hydrogen-bond acceptors (Lipinski definition) is 4. The molecule has 2 saturated heterocycles. The van der Waals surface area contributed by atoms with E-state index in [1.54, 1.807) is 0 Å². The minimum Gasteiger partial charge on any atom is -0.380 e. The van der Waals surface area contributed by atoms with E-state index in [0.29, 0.717) is 5.41 Å². The summed E-state index contributed by atoms with van der Waals surface area (Å²) >= 11 is 0. The van der Waals surface area contributed by atoms with Gasteiger partial charge in [0, 0.05) is 30.3 Å². The van der Waals surface area contributed by atoms with Gasteiger partial charge in [0.25, 0.3) is 5.91 Å². The number of ether oxygens (including phenoxy) is 1. The minimum atomic E-state index is -3.15. The van der Waals surface area contributed by atoms with Crippen LogP contribution in [0.25, 0.3) is 11.1 Å². The number of nitrogens with one attached hydrogen (secondary N) is 1. The SMILES string of the molecule is O=C(NC(CF)Cc1ccc(-c2ccc(CN3CCC4(COC4)C3)nc2)cc1)C(F)F. The smallest absolute Gasteiger partial charge is 0.315 e. The molecule has 2 aliphatic rings. The molecule has 0 saturated carbocycles. The van der Waals surface area contributed by atoms with Crippen LogP contribution in [0.1, 0.15) is 17.7 Å². The first-order valence-electron chi connectivity index (χ1n) is 10.5. The summed E-state index contributed by atoms with van der Waals surface area (Å²) in [6.07, 6.45) is 0.0303. The predicted molar refractivity (Wildman–Crippen MR) is 110 cm³/mol. The molecular weight excluding hydrogens is 407 g/mol. The Morgan fingerprint density at radius 2 is 1.90 bits per heavy atom. The standard InChI is InChI=1S/C23H26F3N3O2/c24-10-20(28-22(30)21(25)26)9-16-1-3-17(4-2-16)18-5-6-19(27-11-18)12-29-8-7-23(13-29)14-31-15-23/h1-6,11,20-21H,7-10,12-15H2,(H,28,30). The Morgan fingerprint density at radius 1 is 1.16 bits per heavy atom. The van der Waals surface area contributed by atoms with E-state index < -0.39 is 25.0 Å². The number of aromatic nitrogens is 1. The second-order valence-corrected chi connectivity index (χ2v) is 8.55. The van der Waals surface area contributed by atoms with Gasteiger partial charge in [-0.1, -0.05) is 30.3 Å². The molecule has 3 heterocycles. The van der Waals surface area contributed by atoms with Crippen molar-refractivity contribution in [2.24, 2.45) is 5.41 Å². The second kappa shape index (κ2) is 9.36. The van der Waals surface area contributed by atoms with Gasteiger partial charge in [-0.2, -0.15) is 8.78 Å². The lowest BCUT2D eigenvalue weighted by Crippen LogP contribution is -2.44. The van der Waals surface area contributed by atoms with E-state index in [1.165, 1.54) is 6.42 Å². The Kier molecular flexibility index (Phi) is 6.57. The lowest BCUT2D eigenvalue weighted by atomic mass is 9.85. The number of benzene rings is 1. The number of carbonyl (C=O) groups is 1. The van der Waals surface area contributed by atoms with Crippen LogP contribution in [0.4, 0.5) is 13.2 Å². The number of carbonyl (C=O) groups excluding carboxylic acids is 1. The van der Waals surface area contributed by atoms with Gasteiger partial charge in [-0.15, -0.1) is 0 Å². The van der Waals surface area contributed by atoms with E-state index in [9.17, 15) is 18.0 Å². The molecule has 2 fully saturated rings. The third-order valence-corrected chi connectivity index (χ3v) is 6.04. The van der Waals surface area contributed by atoms with Crippen molar-refractivity contribution < 1.29 is 22.7 Å². The third-order valence-electron chi connectivity index (χ3n) is 6.04. The number of pyridine rings is 1. The maximum Gasteiger partial charge on any atom is 0.315 e. The summed E-state index contributed by atoms with van der Waals surface area (Å²) in [5.41, 5.74) is 4.08. The molecule has 0 radical (unpaired) electrons. The van der Waals surface area contributed by atoms with Crippen molar-refractivity contribution in [3.05, 3.63) is 53.9 Å². The first-order chi connectivity index (χ1) is 15.0. The molecule has 5 nitrogen and oxygen atoms in total. The van der Waals surface area contributed by atoms with Gasteiger partial charge in [-0.05, 0) is 36.6 Å². The number of halogens is 3. The van der Waals surface area contributed by atoms with Gasteiger partial charge in [0.2, 0.25) is 0 Å². The molecule has 2 aliphatic heterocycles. The zero-order valence-corrected chi connectivity index (χ0v) is 17.2. The Bertz CT molecular complexity index is 886. The number of alkyl halides is 3. The Balaban J connectivity index is 1.32. The fourth-order valence-electron chi connectivity index (χ4n) is 4.23. The van der Waals surface area contributed by atoms with Gasteiger partial charge >= 0.3 is 6.43 Å². The van der Waals surface area contributed by atoms with Crippen LogP contribution in [0.5, 0.6) is 0 Å². The summed E-state index contributed by atoms with van der Waals surface area (Å²) < 4.78 is 43.2. The predicted octanol–water partition coefficient (Wildman–Crippen LogP) is 3.23.